The zero-order valence-electron chi connectivity index (χ0n) is 14.5. The van der Waals surface area contributed by atoms with Crippen LogP contribution in [0.25, 0.3) is 0 Å². The molecule has 0 bridgehead atoms. The Morgan fingerprint density at radius 3 is 2.61 bits per heavy atom. The molecule has 2 saturated heterocycles. The molecule has 2 rings (SSSR count). The molecule has 0 aromatic rings. The standard InChI is InChI=1S/C15H30N4O2S2/c1-13(2)14-12-19(6-9-22-14)15(16-3)17-4-5-18-7-10-23(20,21)11-8-18/h13-14H,4-12H2,1-3H3,(H,16,17). The molecule has 0 aromatic carbocycles. The maximum absolute atomic E-state index is 11.4. The van der Waals surface area contributed by atoms with Gasteiger partial charge in [-0.3, -0.25) is 9.89 Å². The lowest BCUT2D eigenvalue weighted by molar-refractivity contribution is 0.296. The minimum absolute atomic E-state index is 0.293. The zero-order chi connectivity index (χ0) is 16.9. The minimum atomic E-state index is -2.79. The Morgan fingerprint density at radius 1 is 1.30 bits per heavy atom. The van der Waals surface area contributed by atoms with E-state index in [-0.39, 0.29) is 0 Å². The SMILES string of the molecule is CN=C(NCCN1CCS(=O)(=O)CC1)N1CCSC(C(C)C)C1. The molecule has 1 atom stereocenters. The van der Waals surface area contributed by atoms with Crippen molar-refractivity contribution >= 4 is 27.6 Å². The first-order valence-corrected chi connectivity index (χ1v) is 11.3. The number of hydrogen-bond acceptors (Lipinski definition) is 5. The van der Waals surface area contributed by atoms with Crippen LogP contribution in [0.5, 0.6) is 0 Å². The molecule has 134 valence electrons. The molecule has 0 amide bonds. The zero-order valence-corrected chi connectivity index (χ0v) is 16.1. The number of nitrogens with one attached hydrogen (secondary N) is 1. The van der Waals surface area contributed by atoms with Crippen LogP contribution in [0.1, 0.15) is 13.8 Å². The van der Waals surface area contributed by atoms with Crippen LogP contribution in [-0.4, -0.2) is 93.0 Å². The number of guanidine groups is 1. The van der Waals surface area contributed by atoms with Crippen LogP contribution < -0.4 is 5.32 Å². The van der Waals surface area contributed by atoms with Gasteiger partial charge in [0, 0.05) is 57.3 Å². The summed E-state index contributed by atoms with van der Waals surface area (Å²) in [6, 6.07) is 0. The van der Waals surface area contributed by atoms with Gasteiger partial charge in [-0.2, -0.15) is 11.8 Å². The van der Waals surface area contributed by atoms with E-state index < -0.39 is 9.84 Å². The van der Waals surface area contributed by atoms with Crippen molar-refractivity contribution in [3.63, 3.8) is 0 Å². The second kappa shape index (κ2) is 8.58. The molecule has 0 saturated carbocycles. The van der Waals surface area contributed by atoms with Gasteiger partial charge in [0.1, 0.15) is 0 Å². The molecule has 2 aliphatic rings. The van der Waals surface area contributed by atoms with Crippen molar-refractivity contribution in [3.05, 3.63) is 0 Å². The van der Waals surface area contributed by atoms with E-state index in [1.165, 1.54) is 0 Å². The van der Waals surface area contributed by atoms with E-state index in [9.17, 15) is 8.42 Å². The van der Waals surface area contributed by atoms with Gasteiger partial charge in [-0.25, -0.2) is 8.42 Å². The number of aliphatic imine (C=N–C) groups is 1. The molecule has 2 aliphatic heterocycles. The van der Waals surface area contributed by atoms with Gasteiger partial charge in [0.2, 0.25) is 0 Å². The number of hydrogen-bond donors (Lipinski definition) is 1. The molecule has 0 radical (unpaired) electrons. The Labute approximate surface area is 145 Å². The normalized spacial score (nSPS) is 26.5. The van der Waals surface area contributed by atoms with E-state index in [1.54, 1.807) is 0 Å². The van der Waals surface area contributed by atoms with E-state index in [2.05, 4.69) is 45.7 Å². The molecule has 1 unspecified atom stereocenters. The van der Waals surface area contributed by atoms with Crippen molar-refractivity contribution in [2.24, 2.45) is 10.9 Å². The monoisotopic (exact) mass is 362 g/mol. The van der Waals surface area contributed by atoms with E-state index in [0.29, 0.717) is 35.8 Å². The second-order valence-corrected chi connectivity index (χ2v) is 10.2. The van der Waals surface area contributed by atoms with Gasteiger partial charge in [0.25, 0.3) is 0 Å². The van der Waals surface area contributed by atoms with Gasteiger partial charge in [-0.1, -0.05) is 13.8 Å². The lowest BCUT2D eigenvalue weighted by Crippen LogP contribution is -2.51. The Balaban J connectivity index is 1.75. The summed E-state index contributed by atoms with van der Waals surface area (Å²) in [5.41, 5.74) is 0. The molecular formula is C15H30N4O2S2. The Kier molecular flexibility index (Phi) is 7.03. The first-order chi connectivity index (χ1) is 10.9. The van der Waals surface area contributed by atoms with Crippen molar-refractivity contribution in [3.8, 4) is 0 Å². The predicted octanol–water partition coefficient (Wildman–Crippen LogP) is 0.366. The maximum Gasteiger partial charge on any atom is 0.193 e. The first-order valence-electron chi connectivity index (χ1n) is 8.41. The second-order valence-electron chi connectivity index (χ2n) is 6.57. The van der Waals surface area contributed by atoms with Gasteiger partial charge < -0.3 is 10.2 Å². The largest absolute Gasteiger partial charge is 0.355 e. The number of nitrogens with zero attached hydrogens (tertiary/aromatic N) is 3. The third kappa shape index (κ3) is 5.83. The molecule has 1 N–H and O–H groups in total. The first kappa shape index (κ1) is 18.9. The van der Waals surface area contributed by atoms with Gasteiger partial charge in [0.05, 0.1) is 11.5 Å². The highest BCUT2D eigenvalue weighted by molar-refractivity contribution is 8.00. The molecule has 0 spiro atoms. The average Bonchev–Trinajstić information content (AvgIpc) is 2.53. The summed E-state index contributed by atoms with van der Waals surface area (Å²) in [6.45, 7) is 9.62. The van der Waals surface area contributed by atoms with Gasteiger partial charge >= 0.3 is 0 Å². The van der Waals surface area contributed by atoms with Crippen LogP contribution in [0.3, 0.4) is 0 Å². The van der Waals surface area contributed by atoms with E-state index in [0.717, 1.165) is 37.9 Å². The smallest absolute Gasteiger partial charge is 0.193 e. The van der Waals surface area contributed by atoms with Gasteiger partial charge in [-0.05, 0) is 5.92 Å². The Bertz CT molecular complexity index is 494. The average molecular weight is 363 g/mol. The predicted molar refractivity (Wildman–Crippen MR) is 99.1 cm³/mol. The Hall–Kier alpha value is -0.470. The van der Waals surface area contributed by atoms with E-state index in [1.807, 2.05) is 7.05 Å². The highest BCUT2D eigenvalue weighted by Crippen LogP contribution is 2.24. The summed E-state index contributed by atoms with van der Waals surface area (Å²) >= 11 is 2.06. The summed E-state index contributed by atoms with van der Waals surface area (Å²) in [5.74, 6) is 3.38. The summed E-state index contributed by atoms with van der Waals surface area (Å²) in [4.78, 5) is 8.98. The molecular weight excluding hydrogens is 332 g/mol. The fourth-order valence-electron chi connectivity index (χ4n) is 2.90. The molecule has 0 aliphatic carbocycles. The highest BCUT2D eigenvalue weighted by Gasteiger charge is 2.25. The summed E-state index contributed by atoms with van der Waals surface area (Å²) in [6.07, 6.45) is 0. The van der Waals surface area contributed by atoms with Crippen LogP contribution in [-0.2, 0) is 9.84 Å². The third-order valence-electron chi connectivity index (χ3n) is 4.50. The van der Waals surface area contributed by atoms with Crippen LogP contribution in [0.2, 0.25) is 0 Å². The third-order valence-corrected chi connectivity index (χ3v) is 7.65. The van der Waals surface area contributed by atoms with Crippen LogP contribution in [0.4, 0.5) is 0 Å². The topological polar surface area (TPSA) is 65.0 Å². The van der Waals surface area contributed by atoms with Crippen molar-refractivity contribution < 1.29 is 8.42 Å². The number of sulfone groups is 1. The van der Waals surface area contributed by atoms with Crippen molar-refractivity contribution in [1.82, 2.24) is 15.1 Å². The molecule has 6 nitrogen and oxygen atoms in total. The fourth-order valence-corrected chi connectivity index (χ4v) is 5.48. The molecule has 2 fully saturated rings. The quantitative estimate of drug-likeness (QED) is 0.576. The van der Waals surface area contributed by atoms with Crippen molar-refractivity contribution in [2.45, 2.75) is 19.1 Å². The number of thioether (sulfide) groups is 1. The molecule has 0 aromatic heterocycles. The maximum atomic E-state index is 11.4. The van der Waals surface area contributed by atoms with Crippen LogP contribution in [0.15, 0.2) is 4.99 Å². The van der Waals surface area contributed by atoms with Crippen molar-refractivity contribution in [1.29, 1.82) is 0 Å². The molecule has 2 heterocycles. The van der Waals surface area contributed by atoms with Gasteiger partial charge in [0.15, 0.2) is 15.8 Å². The Morgan fingerprint density at radius 2 is 2.00 bits per heavy atom. The minimum Gasteiger partial charge on any atom is -0.355 e. The van der Waals surface area contributed by atoms with Gasteiger partial charge in [-0.15, -0.1) is 0 Å². The summed E-state index contributed by atoms with van der Waals surface area (Å²) in [7, 11) is -0.954. The fraction of sp³-hybridized carbons (Fsp3) is 0.933. The highest BCUT2D eigenvalue weighted by atomic mass is 32.2. The summed E-state index contributed by atoms with van der Waals surface area (Å²) < 4.78 is 22.9. The van der Waals surface area contributed by atoms with E-state index >= 15 is 0 Å². The molecule has 8 heteroatoms. The van der Waals surface area contributed by atoms with E-state index in [4.69, 9.17) is 0 Å². The summed E-state index contributed by atoms with van der Waals surface area (Å²) in [5, 5.41) is 4.10. The molecule has 23 heavy (non-hydrogen) atoms. The number of rotatable bonds is 4. The lowest BCUT2D eigenvalue weighted by Gasteiger charge is -2.36. The van der Waals surface area contributed by atoms with Crippen LogP contribution in [0, 0.1) is 5.92 Å². The van der Waals surface area contributed by atoms with Crippen LogP contribution >= 0.6 is 11.8 Å². The lowest BCUT2D eigenvalue weighted by atomic mass is 10.1. The van der Waals surface area contributed by atoms with Crippen molar-refractivity contribution in [2.75, 3.05) is 63.6 Å².